The predicted octanol–water partition coefficient (Wildman–Crippen LogP) is 3.80. The molecule has 1 aromatic carbocycles. The minimum Gasteiger partial charge on any atom is -0.340 e. The molecule has 0 unspecified atom stereocenters. The summed E-state index contributed by atoms with van der Waals surface area (Å²) >= 11 is 7.33. The highest BCUT2D eigenvalue weighted by atomic mass is 35.5. The van der Waals surface area contributed by atoms with Gasteiger partial charge in [-0.25, -0.2) is 9.97 Å². The molecule has 1 aromatic heterocycles. The molecule has 0 fully saturated rings. The summed E-state index contributed by atoms with van der Waals surface area (Å²) in [5, 5.41) is 4.09. The molecule has 98 valence electrons. The smallest absolute Gasteiger partial charge is 0.190 e. The van der Waals surface area contributed by atoms with Gasteiger partial charge in [-0.05, 0) is 25.3 Å². The van der Waals surface area contributed by atoms with Crippen molar-refractivity contribution in [3.05, 3.63) is 41.0 Å². The molecule has 0 atom stereocenters. The Balaban J connectivity index is 2.28. The molecular formula is C13H12ClN3OS. The Morgan fingerprint density at radius 1 is 1.32 bits per heavy atom. The Morgan fingerprint density at radius 3 is 2.79 bits per heavy atom. The molecule has 0 saturated carbocycles. The van der Waals surface area contributed by atoms with Crippen LogP contribution in [0.2, 0.25) is 5.15 Å². The van der Waals surface area contributed by atoms with Gasteiger partial charge in [0.05, 0.1) is 0 Å². The molecule has 0 amide bonds. The number of Topliss-reactive ketones (excluding diaryl/α,β-unsaturated/α-hetero) is 1. The summed E-state index contributed by atoms with van der Waals surface area (Å²) < 4.78 is 0. The van der Waals surface area contributed by atoms with Crippen LogP contribution in [0.5, 0.6) is 0 Å². The van der Waals surface area contributed by atoms with E-state index < -0.39 is 0 Å². The van der Waals surface area contributed by atoms with Crippen molar-refractivity contribution in [1.82, 2.24) is 9.97 Å². The summed E-state index contributed by atoms with van der Waals surface area (Å²) in [7, 11) is 0. The first-order valence-electron chi connectivity index (χ1n) is 5.55. The van der Waals surface area contributed by atoms with Crippen molar-refractivity contribution in [2.24, 2.45) is 0 Å². The van der Waals surface area contributed by atoms with E-state index in [0.29, 0.717) is 21.7 Å². The Hall–Kier alpha value is -1.59. The van der Waals surface area contributed by atoms with E-state index in [0.717, 1.165) is 5.69 Å². The van der Waals surface area contributed by atoms with Crippen LogP contribution in [0.3, 0.4) is 0 Å². The van der Waals surface area contributed by atoms with E-state index in [9.17, 15) is 4.79 Å². The van der Waals surface area contributed by atoms with Crippen LogP contribution in [0.25, 0.3) is 0 Å². The first kappa shape index (κ1) is 13.8. The fourth-order valence-electron chi connectivity index (χ4n) is 1.52. The Labute approximate surface area is 120 Å². The average Bonchev–Trinajstić information content (AvgIpc) is 2.38. The number of thioether (sulfide) groups is 1. The van der Waals surface area contributed by atoms with Gasteiger partial charge in [-0.3, -0.25) is 4.79 Å². The van der Waals surface area contributed by atoms with Gasteiger partial charge < -0.3 is 5.32 Å². The van der Waals surface area contributed by atoms with Gasteiger partial charge in [-0.2, -0.15) is 0 Å². The van der Waals surface area contributed by atoms with Crippen molar-refractivity contribution in [3.8, 4) is 0 Å². The lowest BCUT2D eigenvalue weighted by Crippen LogP contribution is -1.98. The van der Waals surface area contributed by atoms with Crippen molar-refractivity contribution in [1.29, 1.82) is 0 Å². The maximum Gasteiger partial charge on any atom is 0.190 e. The Morgan fingerprint density at radius 2 is 2.11 bits per heavy atom. The SMILES string of the molecule is CSc1nc(Cl)cc(Nc2cccc(C(C)=O)c2)n1. The number of anilines is 2. The third-order valence-electron chi connectivity index (χ3n) is 2.40. The molecule has 0 saturated heterocycles. The Bertz CT molecular complexity index is 619. The number of nitrogens with zero attached hydrogens (tertiary/aromatic N) is 2. The molecule has 0 spiro atoms. The molecule has 2 rings (SSSR count). The third-order valence-corrected chi connectivity index (χ3v) is 3.14. The molecule has 4 nitrogen and oxygen atoms in total. The molecule has 6 heteroatoms. The summed E-state index contributed by atoms with van der Waals surface area (Å²) in [6, 6.07) is 8.87. The maximum absolute atomic E-state index is 11.3. The molecule has 19 heavy (non-hydrogen) atoms. The number of halogens is 1. The van der Waals surface area contributed by atoms with Crippen LogP contribution in [0.4, 0.5) is 11.5 Å². The summed E-state index contributed by atoms with van der Waals surface area (Å²) in [6.07, 6.45) is 1.88. The lowest BCUT2D eigenvalue weighted by atomic mass is 10.1. The summed E-state index contributed by atoms with van der Waals surface area (Å²) in [6.45, 7) is 1.53. The lowest BCUT2D eigenvalue weighted by molar-refractivity contribution is 0.101. The van der Waals surface area contributed by atoms with Gasteiger partial charge in [-0.15, -0.1) is 0 Å². The van der Waals surface area contributed by atoms with Crippen LogP contribution in [-0.2, 0) is 0 Å². The molecular weight excluding hydrogens is 282 g/mol. The van der Waals surface area contributed by atoms with E-state index in [1.165, 1.54) is 18.7 Å². The van der Waals surface area contributed by atoms with Crippen LogP contribution in [0.15, 0.2) is 35.5 Å². The van der Waals surface area contributed by atoms with E-state index in [-0.39, 0.29) is 5.78 Å². The van der Waals surface area contributed by atoms with Crippen molar-refractivity contribution in [3.63, 3.8) is 0 Å². The zero-order valence-corrected chi connectivity index (χ0v) is 12.0. The molecule has 0 bridgehead atoms. The highest BCUT2D eigenvalue weighted by molar-refractivity contribution is 7.98. The van der Waals surface area contributed by atoms with Crippen molar-refractivity contribution >= 4 is 40.7 Å². The van der Waals surface area contributed by atoms with Crippen LogP contribution < -0.4 is 5.32 Å². The number of nitrogens with one attached hydrogen (secondary N) is 1. The second kappa shape index (κ2) is 6.04. The topological polar surface area (TPSA) is 54.9 Å². The lowest BCUT2D eigenvalue weighted by Gasteiger charge is -2.08. The van der Waals surface area contributed by atoms with Crippen molar-refractivity contribution in [2.75, 3.05) is 11.6 Å². The summed E-state index contributed by atoms with van der Waals surface area (Å²) in [5.74, 6) is 0.624. The van der Waals surface area contributed by atoms with Gasteiger partial charge in [0.15, 0.2) is 10.9 Å². The number of ketones is 1. The van der Waals surface area contributed by atoms with Crippen LogP contribution >= 0.6 is 23.4 Å². The third kappa shape index (κ3) is 3.68. The number of carbonyl (C=O) groups is 1. The van der Waals surface area contributed by atoms with Crippen molar-refractivity contribution in [2.45, 2.75) is 12.1 Å². The van der Waals surface area contributed by atoms with E-state index in [4.69, 9.17) is 11.6 Å². The first-order valence-corrected chi connectivity index (χ1v) is 7.15. The van der Waals surface area contributed by atoms with Crippen LogP contribution in [-0.4, -0.2) is 22.0 Å². The van der Waals surface area contributed by atoms with Crippen LogP contribution in [0.1, 0.15) is 17.3 Å². The number of hydrogen-bond donors (Lipinski definition) is 1. The minimum atomic E-state index is 0.0224. The fraction of sp³-hybridized carbons (Fsp3) is 0.154. The average molecular weight is 294 g/mol. The molecule has 0 aliphatic rings. The summed E-state index contributed by atoms with van der Waals surface area (Å²) in [4.78, 5) is 19.7. The van der Waals surface area contributed by atoms with E-state index in [2.05, 4.69) is 15.3 Å². The van der Waals surface area contributed by atoms with E-state index in [1.807, 2.05) is 18.4 Å². The molecule has 1 N–H and O–H groups in total. The first-order chi connectivity index (χ1) is 9.08. The predicted molar refractivity (Wildman–Crippen MR) is 78.6 cm³/mol. The monoisotopic (exact) mass is 293 g/mol. The minimum absolute atomic E-state index is 0.0224. The Kier molecular flexibility index (Phi) is 4.39. The second-order valence-electron chi connectivity index (χ2n) is 3.82. The van der Waals surface area contributed by atoms with E-state index in [1.54, 1.807) is 18.2 Å². The zero-order chi connectivity index (χ0) is 13.8. The molecule has 2 aromatic rings. The van der Waals surface area contributed by atoms with Gasteiger partial charge in [0.25, 0.3) is 0 Å². The highest BCUT2D eigenvalue weighted by Crippen LogP contribution is 2.21. The molecule has 0 aliphatic carbocycles. The molecule has 0 aliphatic heterocycles. The van der Waals surface area contributed by atoms with Gasteiger partial charge in [0.1, 0.15) is 11.0 Å². The van der Waals surface area contributed by atoms with E-state index >= 15 is 0 Å². The number of hydrogen-bond acceptors (Lipinski definition) is 5. The number of rotatable bonds is 4. The van der Waals surface area contributed by atoms with Crippen LogP contribution in [0, 0.1) is 0 Å². The molecule has 0 radical (unpaired) electrons. The number of carbonyl (C=O) groups excluding carboxylic acids is 1. The quantitative estimate of drug-likeness (QED) is 0.402. The van der Waals surface area contributed by atoms with Gasteiger partial charge >= 0.3 is 0 Å². The number of benzene rings is 1. The normalized spacial score (nSPS) is 10.3. The van der Waals surface area contributed by atoms with Crippen molar-refractivity contribution < 1.29 is 4.79 Å². The zero-order valence-electron chi connectivity index (χ0n) is 10.5. The van der Waals surface area contributed by atoms with Gasteiger partial charge in [0.2, 0.25) is 0 Å². The second-order valence-corrected chi connectivity index (χ2v) is 4.99. The highest BCUT2D eigenvalue weighted by Gasteiger charge is 2.04. The molecule has 1 heterocycles. The summed E-state index contributed by atoms with van der Waals surface area (Å²) in [5.41, 5.74) is 1.43. The fourth-order valence-corrected chi connectivity index (χ4v) is 2.13. The standard InChI is InChI=1S/C13H12ClN3OS/c1-8(18)9-4-3-5-10(6-9)15-12-7-11(14)16-13(17-12)19-2/h3-7H,1-2H3,(H,15,16,17). The van der Waals surface area contributed by atoms with Gasteiger partial charge in [0, 0.05) is 17.3 Å². The maximum atomic E-state index is 11.3. The largest absolute Gasteiger partial charge is 0.340 e. The number of aromatic nitrogens is 2. The van der Waals surface area contributed by atoms with Gasteiger partial charge in [-0.1, -0.05) is 35.5 Å².